The van der Waals surface area contributed by atoms with Gasteiger partial charge in [-0.3, -0.25) is 0 Å². The molecule has 1 aliphatic carbocycles. The number of hydrogen-bond donors (Lipinski definition) is 2. The van der Waals surface area contributed by atoms with E-state index in [2.05, 4.69) is 0 Å². The van der Waals surface area contributed by atoms with Gasteiger partial charge in [-0.15, -0.1) is 0 Å². The first-order chi connectivity index (χ1) is 13.8. The Balaban J connectivity index is 2.67. The number of allylic oxidation sites excluding steroid dienone is 4. The van der Waals surface area contributed by atoms with E-state index in [-0.39, 0.29) is 16.2 Å². The van der Waals surface area contributed by atoms with Gasteiger partial charge in [0, 0.05) is 33.7 Å². The fourth-order valence-electron chi connectivity index (χ4n) is 2.81. The number of carboxylic acid groups (broad SMARTS) is 1. The number of aromatic carboxylic acids is 1. The molecule has 0 fully saturated rings. The summed E-state index contributed by atoms with van der Waals surface area (Å²) in [6.07, 6.45) is 6.84. The second-order valence-electron chi connectivity index (χ2n) is 6.35. The van der Waals surface area contributed by atoms with Crippen LogP contribution >= 0.6 is 0 Å². The fraction of sp³-hybridized carbons (Fsp3) is 0.421. The molecule has 0 saturated carbocycles. The van der Waals surface area contributed by atoms with Crippen LogP contribution in [0.2, 0.25) is 0 Å². The largest absolute Gasteiger partial charge is 0.478 e. The molecule has 0 aromatic heterocycles. The number of sulfonamides is 1. The van der Waals surface area contributed by atoms with Gasteiger partial charge in [0.15, 0.2) is 5.75 Å². The highest BCUT2D eigenvalue weighted by Gasteiger charge is 2.26. The van der Waals surface area contributed by atoms with Crippen molar-refractivity contribution in [1.82, 2.24) is 0 Å². The molecular formula is C19H26N2O7S. The van der Waals surface area contributed by atoms with Crippen LogP contribution in [0, 0.1) is 0 Å². The van der Waals surface area contributed by atoms with Crippen molar-refractivity contribution in [3.8, 4) is 5.75 Å². The summed E-state index contributed by atoms with van der Waals surface area (Å²) in [5.74, 6) is -0.729. The molecule has 1 aliphatic rings. The highest BCUT2D eigenvalue weighted by molar-refractivity contribution is 7.89. The van der Waals surface area contributed by atoms with Crippen molar-refractivity contribution in [3.63, 3.8) is 0 Å². The summed E-state index contributed by atoms with van der Waals surface area (Å²) >= 11 is 0. The summed E-state index contributed by atoms with van der Waals surface area (Å²) in [6, 6.07) is 2.39. The molecule has 3 N–H and O–H groups in total. The molecule has 1 aromatic carbocycles. The minimum atomic E-state index is -4.26. The molecule has 0 atom stereocenters. The number of benzene rings is 1. The lowest BCUT2D eigenvalue weighted by atomic mass is 10.1. The lowest BCUT2D eigenvalue weighted by Crippen LogP contribution is -2.32. The van der Waals surface area contributed by atoms with Gasteiger partial charge in [-0.1, -0.05) is 12.2 Å². The first-order valence-corrected chi connectivity index (χ1v) is 10.5. The van der Waals surface area contributed by atoms with Gasteiger partial charge in [-0.05, 0) is 24.6 Å². The molecule has 29 heavy (non-hydrogen) atoms. The Morgan fingerprint density at radius 1 is 1.21 bits per heavy atom. The van der Waals surface area contributed by atoms with Gasteiger partial charge in [-0.2, -0.15) is 0 Å². The maximum atomic E-state index is 12.3. The molecule has 1 aromatic rings. The van der Waals surface area contributed by atoms with Crippen molar-refractivity contribution in [3.05, 3.63) is 41.7 Å². The molecule has 160 valence electrons. The van der Waals surface area contributed by atoms with E-state index in [1.165, 1.54) is 20.3 Å². The Labute approximate surface area is 170 Å². The second kappa shape index (κ2) is 10.4. The average Bonchev–Trinajstić information content (AvgIpc) is 2.68. The SMILES string of the molecule is COCCN(CCOC)c1cc(C(=O)O)cc(S(N)(=O)=O)c1OC1=CC=CCC1. The van der Waals surface area contributed by atoms with E-state index in [4.69, 9.17) is 19.3 Å². The summed E-state index contributed by atoms with van der Waals surface area (Å²) in [5, 5.41) is 14.9. The number of hydrogen-bond acceptors (Lipinski definition) is 7. The van der Waals surface area contributed by atoms with Crippen molar-refractivity contribution in [1.29, 1.82) is 0 Å². The number of ether oxygens (including phenoxy) is 3. The summed E-state index contributed by atoms with van der Waals surface area (Å²) in [6.45, 7) is 1.39. The van der Waals surface area contributed by atoms with Crippen LogP contribution in [0.4, 0.5) is 5.69 Å². The lowest BCUT2D eigenvalue weighted by molar-refractivity contribution is 0.0696. The molecule has 0 bridgehead atoms. The van der Waals surface area contributed by atoms with E-state index in [1.54, 1.807) is 11.0 Å². The maximum absolute atomic E-state index is 12.3. The molecule has 0 spiro atoms. The molecule has 9 nitrogen and oxygen atoms in total. The quantitative estimate of drug-likeness (QED) is 0.548. The normalized spacial score (nSPS) is 13.8. The minimum Gasteiger partial charge on any atom is -0.478 e. The zero-order valence-electron chi connectivity index (χ0n) is 16.5. The first kappa shape index (κ1) is 22.9. The molecule has 0 heterocycles. The van der Waals surface area contributed by atoms with Gasteiger partial charge in [-0.25, -0.2) is 18.4 Å². The Kier molecular flexibility index (Phi) is 8.21. The zero-order chi connectivity index (χ0) is 21.4. The molecule has 0 unspecified atom stereocenters. The molecule has 10 heteroatoms. The van der Waals surface area contributed by atoms with Crippen LogP contribution in [-0.2, 0) is 19.5 Å². The second-order valence-corrected chi connectivity index (χ2v) is 7.88. The van der Waals surface area contributed by atoms with Gasteiger partial charge in [0.05, 0.1) is 24.5 Å². The third-order valence-electron chi connectivity index (χ3n) is 4.27. The highest BCUT2D eigenvalue weighted by Crippen LogP contribution is 2.38. The summed E-state index contributed by atoms with van der Waals surface area (Å²) in [7, 11) is -1.19. The van der Waals surface area contributed by atoms with Crippen LogP contribution in [0.3, 0.4) is 0 Å². The Morgan fingerprint density at radius 2 is 1.86 bits per heavy atom. The smallest absolute Gasteiger partial charge is 0.335 e. The van der Waals surface area contributed by atoms with Crippen LogP contribution in [0.5, 0.6) is 5.75 Å². The number of methoxy groups -OCH3 is 2. The number of nitrogens with two attached hydrogens (primary N) is 1. The van der Waals surface area contributed by atoms with E-state index in [0.29, 0.717) is 44.2 Å². The minimum absolute atomic E-state index is 0.00810. The molecule has 2 rings (SSSR count). The van der Waals surface area contributed by atoms with Gasteiger partial charge < -0.3 is 24.2 Å². The fourth-order valence-corrected chi connectivity index (χ4v) is 3.51. The number of nitrogens with zero attached hydrogens (tertiary/aromatic N) is 1. The number of anilines is 1. The first-order valence-electron chi connectivity index (χ1n) is 8.98. The number of carboxylic acids is 1. The zero-order valence-corrected chi connectivity index (χ0v) is 17.3. The monoisotopic (exact) mass is 426 g/mol. The predicted molar refractivity (Wildman–Crippen MR) is 108 cm³/mol. The lowest BCUT2D eigenvalue weighted by Gasteiger charge is -2.28. The molecule has 0 radical (unpaired) electrons. The van der Waals surface area contributed by atoms with Crippen LogP contribution in [0.25, 0.3) is 0 Å². The highest BCUT2D eigenvalue weighted by atomic mass is 32.2. The van der Waals surface area contributed by atoms with Crippen molar-refractivity contribution >= 4 is 21.7 Å². The van der Waals surface area contributed by atoms with Crippen molar-refractivity contribution in [2.75, 3.05) is 45.4 Å². The van der Waals surface area contributed by atoms with E-state index >= 15 is 0 Å². The van der Waals surface area contributed by atoms with E-state index < -0.39 is 16.0 Å². The van der Waals surface area contributed by atoms with Crippen molar-refractivity contribution in [2.45, 2.75) is 17.7 Å². The molecular weight excluding hydrogens is 400 g/mol. The Bertz CT molecular complexity index is 886. The van der Waals surface area contributed by atoms with Gasteiger partial charge in [0.2, 0.25) is 10.0 Å². The van der Waals surface area contributed by atoms with Crippen molar-refractivity contribution in [2.24, 2.45) is 5.14 Å². The molecule has 0 saturated heterocycles. The van der Waals surface area contributed by atoms with Crippen LogP contribution < -0.4 is 14.8 Å². The van der Waals surface area contributed by atoms with Gasteiger partial charge in [0.25, 0.3) is 0 Å². The van der Waals surface area contributed by atoms with Crippen molar-refractivity contribution < 1.29 is 32.5 Å². The summed E-state index contributed by atoms with van der Waals surface area (Å²) < 4.78 is 40.8. The molecule has 0 aliphatic heterocycles. The van der Waals surface area contributed by atoms with Gasteiger partial charge >= 0.3 is 5.97 Å². The van der Waals surface area contributed by atoms with Gasteiger partial charge in [0.1, 0.15) is 10.7 Å². The molecule has 0 amide bonds. The van der Waals surface area contributed by atoms with E-state index in [0.717, 1.165) is 12.5 Å². The summed E-state index contributed by atoms with van der Waals surface area (Å²) in [5.41, 5.74) is 0.0761. The van der Waals surface area contributed by atoms with Crippen LogP contribution in [0.15, 0.2) is 41.0 Å². The number of primary sulfonamides is 1. The van der Waals surface area contributed by atoms with E-state index in [9.17, 15) is 18.3 Å². The van der Waals surface area contributed by atoms with Crippen LogP contribution in [0.1, 0.15) is 23.2 Å². The Hall–Kier alpha value is -2.40. The maximum Gasteiger partial charge on any atom is 0.335 e. The average molecular weight is 426 g/mol. The third kappa shape index (κ3) is 6.29. The number of carbonyl (C=O) groups is 1. The summed E-state index contributed by atoms with van der Waals surface area (Å²) in [4.78, 5) is 13.0. The predicted octanol–water partition coefficient (Wildman–Crippen LogP) is 1.74. The number of rotatable bonds is 11. The Morgan fingerprint density at radius 3 is 2.34 bits per heavy atom. The standard InChI is InChI=1S/C19H26N2O7S/c1-26-10-8-21(9-11-27-2)16-12-14(19(22)23)13-17(29(20,24)25)18(16)28-15-6-4-3-5-7-15/h3-4,6,12-13H,5,7-11H2,1-2H3,(H,22,23)(H2,20,24,25). The third-order valence-corrected chi connectivity index (χ3v) is 5.19. The van der Waals surface area contributed by atoms with E-state index in [1.807, 2.05) is 12.2 Å². The van der Waals surface area contributed by atoms with Crippen LogP contribution in [-0.4, -0.2) is 60.0 Å². The topological polar surface area (TPSA) is 128 Å².